The number of hydrogen-bond acceptors (Lipinski definition) is 5. The minimum absolute atomic E-state index is 0.203. The summed E-state index contributed by atoms with van der Waals surface area (Å²) in [7, 11) is 1.60. The van der Waals surface area contributed by atoms with Gasteiger partial charge in [-0.15, -0.1) is 0 Å². The predicted molar refractivity (Wildman–Crippen MR) is 92.8 cm³/mol. The van der Waals surface area contributed by atoms with Crippen molar-refractivity contribution in [1.82, 2.24) is 0 Å². The van der Waals surface area contributed by atoms with E-state index < -0.39 is 0 Å². The van der Waals surface area contributed by atoms with Crippen LogP contribution < -0.4 is 14.2 Å². The van der Waals surface area contributed by atoms with Crippen LogP contribution in [0.25, 0.3) is 0 Å². The van der Waals surface area contributed by atoms with E-state index in [9.17, 15) is 0 Å². The maximum atomic E-state index is 7.49. The monoisotopic (exact) mass is 332 g/mol. The summed E-state index contributed by atoms with van der Waals surface area (Å²) in [5, 5.41) is 3.64. The molecule has 0 spiro atoms. The van der Waals surface area contributed by atoms with Gasteiger partial charge in [0, 0.05) is 12.1 Å². The third-order valence-corrected chi connectivity index (χ3v) is 5.05. The van der Waals surface area contributed by atoms with Crippen LogP contribution in [0.4, 0.5) is 5.69 Å². The average molecular weight is 332 g/mol. The van der Waals surface area contributed by atoms with E-state index in [1.165, 1.54) is 38.5 Å². The van der Waals surface area contributed by atoms with Gasteiger partial charge in [-0.2, -0.15) is 5.11 Å². The molecule has 2 fully saturated rings. The Morgan fingerprint density at radius 2 is 1.38 bits per heavy atom. The van der Waals surface area contributed by atoms with Crippen molar-refractivity contribution in [3.8, 4) is 17.2 Å². The summed E-state index contributed by atoms with van der Waals surface area (Å²) in [5.74, 6) is 1.92. The second kappa shape index (κ2) is 8.36. The highest BCUT2D eigenvalue weighted by atomic mass is 16.5. The van der Waals surface area contributed by atoms with E-state index in [-0.39, 0.29) is 12.2 Å². The number of hydrogen-bond donors (Lipinski definition) is 1. The maximum absolute atomic E-state index is 7.49. The zero-order valence-corrected chi connectivity index (χ0v) is 14.6. The highest BCUT2D eigenvalue weighted by Crippen LogP contribution is 2.43. The number of benzene rings is 1. The fourth-order valence-electron chi connectivity index (χ4n) is 3.72. The molecule has 0 unspecified atom stereocenters. The number of rotatable bonds is 6. The fraction of sp³-hybridized carbons (Fsp3) is 0.684. The zero-order chi connectivity index (χ0) is 16.8. The lowest BCUT2D eigenvalue weighted by Crippen LogP contribution is -2.21. The highest BCUT2D eigenvalue weighted by Gasteiger charge is 2.21. The fourth-order valence-corrected chi connectivity index (χ4v) is 3.72. The maximum Gasteiger partial charge on any atom is 0.169 e. The normalized spacial score (nSPS) is 19.7. The van der Waals surface area contributed by atoms with E-state index in [0.717, 1.165) is 31.4 Å². The van der Waals surface area contributed by atoms with Crippen LogP contribution in [0.1, 0.15) is 64.2 Å². The minimum atomic E-state index is 0.203. The van der Waals surface area contributed by atoms with Crippen molar-refractivity contribution in [1.29, 1.82) is 5.53 Å². The first kappa shape index (κ1) is 17.1. The van der Waals surface area contributed by atoms with Gasteiger partial charge in [-0.25, -0.2) is 5.53 Å². The second-order valence-corrected chi connectivity index (χ2v) is 6.84. The molecule has 132 valence electrons. The Hall–Kier alpha value is -1.78. The molecule has 2 saturated carbocycles. The van der Waals surface area contributed by atoms with Crippen molar-refractivity contribution in [2.75, 3.05) is 7.11 Å². The largest absolute Gasteiger partial charge is 0.494 e. The molecule has 0 aromatic heterocycles. The Bertz CT molecular complexity index is 550. The summed E-state index contributed by atoms with van der Waals surface area (Å²) in [6, 6.07) is 3.72. The second-order valence-electron chi connectivity index (χ2n) is 6.84. The molecule has 1 aromatic carbocycles. The van der Waals surface area contributed by atoms with Crippen LogP contribution in [0.15, 0.2) is 17.2 Å². The molecule has 0 atom stereocenters. The molecule has 2 aliphatic rings. The van der Waals surface area contributed by atoms with E-state index >= 15 is 0 Å². The summed E-state index contributed by atoms with van der Waals surface area (Å²) >= 11 is 0. The molecule has 5 heteroatoms. The Labute approximate surface area is 144 Å². The lowest BCUT2D eigenvalue weighted by molar-refractivity contribution is 0.145. The molecule has 0 bridgehead atoms. The van der Waals surface area contributed by atoms with Crippen molar-refractivity contribution in [3.63, 3.8) is 0 Å². The summed E-state index contributed by atoms with van der Waals surface area (Å²) in [6.45, 7) is 0. The molecule has 1 aromatic rings. The van der Waals surface area contributed by atoms with E-state index in [1.54, 1.807) is 7.11 Å². The quantitative estimate of drug-likeness (QED) is 0.671. The molecular formula is C19H28N2O3. The molecule has 0 heterocycles. The smallest absolute Gasteiger partial charge is 0.169 e. The van der Waals surface area contributed by atoms with Crippen LogP contribution in [-0.4, -0.2) is 19.3 Å². The molecule has 5 nitrogen and oxygen atoms in total. The van der Waals surface area contributed by atoms with Gasteiger partial charge in [0.25, 0.3) is 0 Å². The Morgan fingerprint density at radius 1 is 0.833 bits per heavy atom. The van der Waals surface area contributed by atoms with E-state index in [1.807, 2.05) is 12.1 Å². The standard InChI is InChI=1S/C19H28N2O3/c1-22-17-12-16(23-14-8-4-2-5-9-14)13-18(19(17)21-20)24-15-10-6-3-7-11-15/h12-15,20H,2-11H2,1H3. The first-order chi connectivity index (χ1) is 11.8. The summed E-state index contributed by atoms with van der Waals surface area (Å²) < 4.78 is 17.8. The van der Waals surface area contributed by atoms with Crippen molar-refractivity contribution in [3.05, 3.63) is 12.1 Å². The molecular weight excluding hydrogens is 304 g/mol. The van der Waals surface area contributed by atoms with Gasteiger partial charge in [0.1, 0.15) is 5.75 Å². The lowest BCUT2D eigenvalue weighted by Gasteiger charge is -2.26. The SMILES string of the molecule is COc1cc(OC2CCCCC2)cc(OC2CCCCC2)c1N=N. The van der Waals surface area contributed by atoms with Crippen LogP contribution in [0.2, 0.25) is 0 Å². The van der Waals surface area contributed by atoms with Crippen molar-refractivity contribution in [2.24, 2.45) is 5.11 Å². The van der Waals surface area contributed by atoms with Crippen LogP contribution >= 0.6 is 0 Å². The third kappa shape index (κ3) is 4.19. The molecule has 0 radical (unpaired) electrons. The van der Waals surface area contributed by atoms with Gasteiger partial charge in [-0.1, -0.05) is 12.8 Å². The third-order valence-electron chi connectivity index (χ3n) is 5.05. The molecule has 0 aliphatic heterocycles. The molecule has 0 saturated heterocycles. The molecule has 0 amide bonds. The van der Waals surface area contributed by atoms with Crippen LogP contribution in [0, 0.1) is 5.53 Å². The molecule has 3 rings (SSSR count). The Balaban J connectivity index is 1.80. The van der Waals surface area contributed by atoms with E-state index in [0.29, 0.717) is 17.2 Å². The van der Waals surface area contributed by atoms with Gasteiger partial charge >= 0.3 is 0 Å². The van der Waals surface area contributed by atoms with E-state index in [2.05, 4.69) is 5.11 Å². The molecule has 2 aliphatic carbocycles. The van der Waals surface area contributed by atoms with Gasteiger partial charge < -0.3 is 14.2 Å². The van der Waals surface area contributed by atoms with Crippen molar-refractivity contribution in [2.45, 2.75) is 76.4 Å². The van der Waals surface area contributed by atoms with Crippen molar-refractivity contribution < 1.29 is 14.2 Å². The lowest BCUT2D eigenvalue weighted by atomic mass is 9.97. The van der Waals surface area contributed by atoms with Gasteiger partial charge in [-0.3, -0.25) is 0 Å². The van der Waals surface area contributed by atoms with Crippen LogP contribution in [-0.2, 0) is 0 Å². The molecule has 1 N–H and O–H groups in total. The van der Waals surface area contributed by atoms with E-state index in [4.69, 9.17) is 19.7 Å². The Morgan fingerprint density at radius 3 is 1.92 bits per heavy atom. The number of ether oxygens (including phenoxy) is 3. The van der Waals surface area contributed by atoms with Crippen molar-refractivity contribution >= 4 is 5.69 Å². The minimum Gasteiger partial charge on any atom is -0.494 e. The topological polar surface area (TPSA) is 63.9 Å². The van der Waals surface area contributed by atoms with Gasteiger partial charge in [0.15, 0.2) is 17.2 Å². The zero-order valence-electron chi connectivity index (χ0n) is 14.6. The first-order valence-corrected chi connectivity index (χ1v) is 9.23. The van der Waals surface area contributed by atoms with Gasteiger partial charge in [0.2, 0.25) is 0 Å². The highest BCUT2D eigenvalue weighted by molar-refractivity contribution is 5.64. The number of nitrogens with zero attached hydrogens (tertiary/aromatic N) is 1. The number of methoxy groups -OCH3 is 1. The van der Waals surface area contributed by atoms with Gasteiger partial charge in [-0.05, 0) is 51.4 Å². The Kier molecular flexibility index (Phi) is 5.94. The van der Waals surface area contributed by atoms with Crippen LogP contribution in [0.5, 0.6) is 17.2 Å². The summed E-state index contributed by atoms with van der Waals surface area (Å²) in [4.78, 5) is 0. The number of nitrogens with one attached hydrogen (secondary N) is 1. The molecule has 24 heavy (non-hydrogen) atoms. The summed E-state index contributed by atoms with van der Waals surface area (Å²) in [6.07, 6.45) is 12.2. The van der Waals surface area contributed by atoms with Crippen LogP contribution in [0.3, 0.4) is 0 Å². The van der Waals surface area contributed by atoms with Gasteiger partial charge in [0.05, 0.1) is 19.3 Å². The predicted octanol–water partition coefficient (Wildman–Crippen LogP) is 5.78. The summed E-state index contributed by atoms with van der Waals surface area (Å²) in [5.41, 5.74) is 7.95. The average Bonchev–Trinajstić information content (AvgIpc) is 2.63. The first-order valence-electron chi connectivity index (χ1n) is 9.23.